The third kappa shape index (κ3) is 2.82. The number of sulfonamides is 1. The summed E-state index contributed by atoms with van der Waals surface area (Å²) in [4.78, 5) is 13.6. The van der Waals surface area contributed by atoms with E-state index in [-0.39, 0.29) is 21.4 Å². The van der Waals surface area contributed by atoms with Gasteiger partial charge in [0.15, 0.2) is 0 Å². The first-order valence-electron chi connectivity index (χ1n) is 5.50. The molecule has 0 aliphatic carbocycles. The molecule has 1 fully saturated rings. The summed E-state index contributed by atoms with van der Waals surface area (Å²) in [6, 6.07) is 3.95. The zero-order valence-corrected chi connectivity index (χ0v) is 11.2. The summed E-state index contributed by atoms with van der Waals surface area (Å²) in [6.45, 7) is 1.38. The van der Waals surface area contributed by atoms with Crippen LogP contribution in [0.5, 0.6) is 0 Å². The van der Waals surface area contributed by atoms with E-state index in [1.165, 1.54) is 18.2 Å². The van der Waals surface area contributed by atoms with Crippen molar-refractivity contribution < 1.29 is 13.2 Å². The molecule has 0 bridgehead atoms. The molecule has 98 valence electrons. The molecule has 0 aromatic heterocycles. The third-order valence-corrected chi connectivity index (χ3v) is 3.95. The molecule has 18 heavy (non-hydrogen) atoms. The van der Waals surface area contributed by atoms with Gasteiger partial charge in [0.05, 0.1) is 4.90 Å². The van der Waals surface area contributed by atoms with E-state index in [9.17, 15) is 13.2 Å². The summed E-state index contributed by atoms with van der Waals surface area (Å²) in [5, 5.41) is 5.22. The molecular weight excluding hydrogens is 276 g/mol. The Morgan fingerprint density at radius 1 is 1.22 bits per heavy atom. The lowest BCUT2D eigenvalue weighted by atomic mass is 10.2. The zero-order valence-electron chi connectivity index (χ0n) is 9.60. The Morgan fingerprint density at radius 3 is 2.39 bits per heavy atom. The van der Waals surface area contributed by atoms with Crippen LogP contribution in [0, 0.1) is 0 Å². The predicted molar refractivity (Wildman–Crippen MR) is 68.0 cm³/mol. The molecule has 2 rings (SSSR count). The Morgan fingerprint density at radius 2 is 1.83 bits per heavy atom. The lowest BCUT2D eigenvalue weighted by molar-refractivity contribution is 0.0792. The predicted octanol–water partition coefficient (Wildman–Crippen LogP) is 1.22. The third-order valence-electron chi connectivity index (χ3n) is 2.84. The maximum absolute atomic E-state index is 12.1. The average molecular weight is 289 g/mol. The highest BCUT2D eigenvalue weighted by Crippen LogP contribution is 2.21. The van der Waals surface area contributed by atoms with E-state index in [1.807, 2.05) is 0 Å². The first-order valence-corrected chi connectivity index (χ1v) is 7.43. The summed E-state index contributed by atoms with van der Waals surface area (Å²) in [5.41, 5.74) is 0.258. The Labute approximate surface area is 111 Å². The van der Waals surface area contributed by atoms with Crippen molar-refractivity contribution >= 4 is 27.5 Å². The zero-order chi connectivity index (χ0) is 13.3. The summed E-state index contributed by atoms with van der Waals surface area (Å²) in [5.74, 6) is -0.208. The van der Waals surface area contributed by atoms with Gasteiger partial charge in [-0.3, -0.25) is 4.79 Å². The van der Waals surface area contributed by atoms with Gasteiger partial charge in [-0.15, -0.1) is 0 Å². The highest BCUT2D eigenvalue weighted by molar-refractivity contribution is 7.89. The van der Waals surface area contributed by atoms with Gasteiger partial charge < -0.3 is 4.90 Å². The number of hydrogen-bond acceptors (Lipinski definition) is 3. The van der Waals surface area contributed by atoms with Crippen LogP contribution in [0.15, 0.2) is 23.1 Å². The number of nitrogens with zero attached hydrogens (tertiary/aromatic N) is 1. The number of carbonyl (C=O) groups excluding carboxylic acids is 1. The van der Waals surface area contributed by atoms with Crippen LogP contribution in [0.2, 0.25) is 5.02 Å². The molecular formula is C11H13ClN2O3S. The van der Waals surface area contributed by atoms with E-state index in [4.69, 9.17) is 16.7 Å². The molecule has 0 spiro atoms. The first kappa shape index (κ1) is 13.3. The molecule has 1 aliphatic heterocycles. The van der Waals surface area contributed by atoms with Crippen molar-refractivity contribution in [2.24, 2.45) is 5.14 Å². The van der Waals surface area contributed by atoms with Gasteiger partial charge >= 0.3 is 0 Å². The Bertz CT molecular complexity index is 580. The van der Waals surface area contributed by atoms with E-state index in [2.05, 4.69) is 0 Å². The number of halogens is 1. The van der Waals surface area contributed by atoms with Crippen molar-refractivity contribution in [1.82, 2.24) is 4.90 Å². The average Bonchev–Trinajstić information content (AvgIpc) is 2.79. The van der Waals surface area contributed by atoms with E-state index in [0.29, 0.717) is 13.1 Å². The van der Waals surface area contributed by atoms with Gasteiger partial charge in [-0.05, 0) is 31.0 Å². The number of rotatable bonds is 2. The Hall–Kier alpha value is -1.11. The second kappa shape index (κ2) is 4.87. The molecule has 1 saturated heterocycles. The van der Waals surface area contributed by atoms with Gasteiger partial charge in [0.2, 0.25) is 10.0 Å². The Kier molecular flexibility index (Phi) is 3.61. The topological polar surface area (TPSA) is 80.5 Å². The van der Waals surface area contributed by atoms with E-state index in [0.717, 1.165) is 12.8 Å². The largest absolute Gasteiger partial charge is 0.339 e. The Balaban J connectivity index is 2.39. The summed E-state index contributed by atoms with van der Waals surface area (Å²) >= 11 is 5.82. The van der Waals surface area contributed by atoms with Crippen LogP contribution in [0.25, 0.3) is 0 Å². The lowest BCUT2D eigenvalue weighted by Crippen LogP contribution is -2.28. The molecule has 1 aromatic rings. The van der Waals surface area contributed by atoms with Gasteiger partial charge in [0, 0.05) is 23.7 Å². The fraction of sp³-hybridized carbons (Fsp3) is 0.364. The van der Waals surface area contributed by atoms with Gasteiger partial charge in [-0.25, -0.2) is 13.6 Å². The maximum Gasteiger partial charge on any atom is 0.253 e. The lowest BCUT2D eigenvalue weighted by Gasteiger charge is -2.15. The van der Waals surface area contributed by atoms with Crippen molar-refractivity contribution in [2.75, 3.05) is 13.1 Å². The fourth-order valence-corrected chi connectivity index (χ4v) is 2.84. The second-order valence-corrected chi connectivity index (χ2v) is 6.22. The van der Waals surface area contributed by atoms with E-state index >= 15 is 0 Å². The van der Waals surface area contributed by atoms with Crippen LogP contribution in [-0.4, -0.2) is 32.3 Å². The molecule has 1 amide bonds. The van der Waals surface area contributed by atoms with Crippen LogP contribution < -0.4 is 5.14 Å². The smallest absolute Gasteiger partial charge is 0.253 e. The first-order chi connectivity index (χ1) is 8.38. The number of likely N-dealkylation sites (tertiary alicyclic amines) is 1. The van der Waals surface area contributed by atoms with Crippen LogP contribution in [0.3, 0.4) is 0 Å². The highest BCUT2D eigenvalue weighted by Gasteiger charge is 2.21. The molecule has 0 radical (unpaired) electrons. The summed E-state index contributed by atoms with van der Waals surface area (Å²) < 4.78 is 22.6. The van der Waals surface area contributed by atoms with Crippen molar-refractivity contribution in [1.29, 1.82) is 0 Å². The van der Waals surface area contributed by atoms with Crippen molar-refractivity contribution in [3.05, 3.63) is 28.8 Å². The van der Waals surface area contributed by atoms with Gasteiger partial charge in [0.1, 0.15) is 0 Å². The minimum Gasteiger partial charge on any atom is -0.339 e. The van der Waals surface area contributed by atoms with Gasteiger partial charge in [0.25, 0.3) is 5.91 Å². The standard InChI is InChI=1S/C11H13ClN2O3S/c12-9-5-8(6-10(7-9)18(13,16)17)11(15)14-3-1-2-4-14/h5-7H,1-4H2,(H2,13,16,17). The minimum atomic E-state index is -3.86. The van der Waals surface area contributed by atoms with Crippen molar-refractivity contribution in [3.8, 4) is 0 Å². The molecule has 2 N–H and O–H groups in total. The van der Waals surface area contributed by atoms with Crippen LogP contribution in [0.1, 0.15) is 23.2 Å². The molecule has 1 aliphatic rings. The number of amides is 1. The second-order valence-electron chi connectivity index (χ2n) is 4.22. The fourth-order valence-electron chi connectivity index (χ4n) is 1.95. The number of benzene rings is 1. The molecule has 5 nitrogen and oxygen atoms in total. The molecule has 7 heteroatoms. The maximum atomic E-state index is 12.1. The highest BCUT2D eigenvalue weighted by atomic mass is 35.5. The van der Waals surface area contributed by atoms with E-state index < -0.39 is 10.0 Å². The van der Waals surface area contributed by atoms with Crippen molar-refractivity contribution in [2.45, 2.75) is 17.7 Å². The number of primary sulfonamides is 1. The minimum absolute atomic E-state index is 0.141. The van der Waals surface area contributed by atoms with Crippen LogP contribution in [0.4, 0.5) is 0 Å². The summed E-state index contributed by atoms with van der Waals surface area (Å²) in [7, 11) is -3.86. The number of carbonyl (C=O) groups is 1. The number of hydrogen-bond donors (Lipinski definition) is 1. The van der Waals surface area contributed by atoms with Gasteiger partial charge in [-0.1, -0.05) is 11.6 Å². The molecule has 0 unspecified atom stereocenters. The molecule has 1 heterocycles. The summed E-state index contributed by atoms with van der Waals surface area (Å²) in [6.07, 6.45) is 1.93. The SMILES string of the molecule is NS(=O)(=O)c1cc(Cl)cc(C(=O)N2CCCC2)c1. The van der Waals surface area contributed by atoms with E-state index in [1.54, 1.807) is 4.90 Å². The normalized spacial score (nSPS) is 16.0. The molecule has 0 saturated carbocycles. The quantitative estimate of drug-likeness (QED) is 0.888. The van der Waals surface area contributed by atoms with Crippen LogP contribution in [-0.2, 0) is 10.0 Å². The monoisotopic (exact) mass is 288 g/mol. The molecule has 0 atom stereocenters. The number of nitrogens with two attached hydrogens (primary N) is 1. The van der Waals surface area contributed by atoms with Crippen LogP contribution >= 0.6 is 11.6 Å². The van der Waals surface area contributed by atoms with Crippen molar-refractivity contribution in [3.63, 3.8) is 0 Å². The molecule has 1 aromatic carbocycles. The van der Waals surface area contributed by atoms with Gasteiger partial charge in [-0.2, -0.15) is 0 Å².